The van der Waals surface area contributed by atoms with E-state index in [1.54, 1.807) is 0 Å². The van der Waals surface area contributed by atoms with Crippen molar-refractivity contribution in [2.45, 2.75) is 72.6 Å². The highest BCUT2D eigenvalue weighted by molar-refractivity contribution is 5.35. The van der Waals surface area contributed by atoms with Crippen LogP contribution in [0.4, 0.5) is 0 Å². The third-order valence-electron chi connectivity index (χ3n) is 4.59. The van der Waals surface area contributed by atoms with Gasteiger partial charge in [0.25, 0.3) is 0 Å². The quantitative estimate of drug-likeness (QED) is 0.643. The maximum Gasteiger partial charge on any atom is 0.00776 e. The second-order valence-electron chi connectivity index (χ2n) is 7.10. The standard InChI is InChI=1S/C20H35N/c1-7-11-20(12-8-2,15-21-14-16(3)4)19-10-9-17(5)18(6)13-19/h9-10,13,16,21H,7-8,11-12,14-15H2,1-6H3. The molecule has 1 N–H and O–H groups in total. The van der Waals surface area contributed by atoms with E-state index in [1.807, 2.05) is 0 Å². The van der Waals surface area contributed by atoms with E-state index >= 15 is 0 Å². The third-order valence-corrected chi connectivity index (χ3v) is 4.59. The fourth-order valence-electron chi connectivity index (χ4n) is 3.32. The van der Waals surface area contributed by atoms with E-state index in [-0.39, 0.29) is 0 Å². The molecule has 0 atom stereocenters. The van der Waals surface area contributed by atoms with Crippen LogP contribution < -0.4 is 5.32 Å². The molecule has 0 aliphatic carbocycles. The minimum Gasteiger partial charge on any atom is -0.316 e. The fraction of sp³-hybridized carbons (Fsp3) is 0.700. The summed E-state index contributed by atoms with van der Waals surface area (Å²) in [4.78, 5) is 0. The number of aryl methyl sites for hydroxylation is 2. The average molecular weight is 290 g/mol. The SMILES string of the molecule is CCCC(CCC)(CNCC(C)C)c1ccc(C)c(C)c1. The summed E-state index contributed by atoms with van der Waals surface area (Å²) in [6.07, 6.45) is 5.04. The molecule has 1 heteroatoms. The summed E-state index contributed by atoms with van der Waals surface area (Å²) in [5.41, 5.74) is 4.66. The highest BCUT2D eigenvalue weighted by Gasteiger charge is 2.30. The van der Waals surface area contributed by atoms with E-state index in [4.69, 9.17) is 0 Å². The van der Waals surface area contributed by atoms with Crippen LogP contribution in [0.15, 0.2) is 18.2 Å². The highest BCUT2D eigenvalue weighted by Crippen LogP contribution is 2.35. The fourth-order valence-corrected chi connectivity index (χ4v) is 3.32. The summed E-state index contributed by atoms with van der Waals surface area (Å²) in [5.74, 6) is 0.714. The van der Waals surface area contributed by atoms with Crippen molar-refractivity contribution in [3.05, 3.63) is 34.9 Å². The molecule has 0 spiro atoms. The second kappa shape index (κ2) is 8.58. The van der Waals surface area contributed by atoms with Crippen LogP contribution in [0, 0.1) is 19.8 Å². The Kier molecular flexibility index (Phi) is 7.45. The van der Waals surface area contributed by atoms with Gasteiger partial charge in [-0.15, -0.1) is 0 Å². The molecule has 0 bridgehead atoms. The van der Waals surface area contributed by atoms with Crippen molar-refractivity contribution < 1.29 is 0 Å². The average Bonchev–Trinajstić information content (AvgIpc) is 2.41. The first-order valence-corrected chi connectivity index (χ1v) is 8.73. The number of hydrogen-bond donors (Lipinski definition) is 1. The smallest absolute Gasteiger partial charge is 0.00776 e. The molecule has 1 aromatic carbocycles. The van der Waals surface area contributed by atoms with Gasteiger partial charge in [0.15, 0.2) is 0 Å². The van der Waals surface area contributed by atoms with Crippen LogP contribution in [-0.4, -0.2) is 13.1 Å². The number of hydrogen-bond acceptors (Lipinski definition) is 1. The van der Waals surface area contributed by atoms with Crippen LogP contribution in [0.3, 0.4) is 0 Å². The second-order valence-corrected chi connectivity index (χ2v) is 7.10. The third kappa shape index (κ3) is 5.14. The van der Waals surface area contributed by atoms with Crippen LogP contribution in [0.5, 0.6) is 0 Å². The van der Waals surface area contributed by atoms with Gasteiger partial charge in [0.2, 0.25) is 0 Å². The Balaban J connectivity index is 3.04. The van der Waals surface area contributed by atoms with E-state index in [2.05, 4.69) is 65.1 Å². The van der Waals surface area contributed by atoms with E-state index in [9.17, 15) is 0 Å². The Hall–Kier alpha value is -0.820. The van der Waals surface area contributed by atoms with Crippen LogP contribution in [0.2, 0.25) is 0 Å². The Labute approximate surface area is 132 Å². The normalized spacial score (nSPS) is 12.1. The Bertz CT molecular complexity index is 414. The molecular weight excluding hydrogens is 254 g/mol. The zero-order chi connectivity index (χ0) is 15.9. The van der Waals surface area contributed by atoms with Gasteiger partial charge in [-0.3, -0.25) is 0 Å². The van der Waals surface area contributed by atoms with Gasteiger partial charge >= 0.3 is 0 Å². The molecule has 0 unspecified atom stereocenters. The molecular formula is C20H35N. The van der Waals surface area contributed by atoms with Crippen molar-refractivity contribution in [1.29, 1.82) is 0 Å². The first-order valence-electron chi connectivity index (χ1n) is 8.73. The molecule has 1 aromatic rings. The molecule has 0 saturated carbocycles. The van der Waals surface area contributed by atoms with Gasteiger partial charge in [-0.25, -0.2) is 0 Å². The van der Waals surface area contributed by atoms with Crippen molar-refractivity contribution >= 4 is 0 Å². The van der Waals surface area contributed by atoms with E-state index in [0.717, 1.165) is 13.1 Å². The van der Waals surface area contributed by atoms with Crippen molar-refractivity contribution in [1.82, 2.24) is 5.32 Å². The number of rotatable bonds is 9. The highest BCUT2D eigenvalue weighted by atomic mass is 14.9. The minimum atomic E-state index is 0.302. The molecule has 21 heavy (non-hydrogen) atoms. The summed E-state index contributed by atoms with van der Waals surface area (Å²) in [6, 6.07) is 7.09. The van der Waals surface area contributed by atoms with Crippen molar-refractivity contribution in [2.75, 3.05) is 13.1 Å². The summed E-state index contributed by atoms with van der Waals surface area (Å²) < 4.78 is 0. The van der Waals surface area contributed by atoms with Crippen LogP contribution in [-0.2, 0) is 5.41 Å². The molecule has 0 aliphatic rings. The molecule has 0 amide bonds. The van der Waals surface area contributed by atoms with Gasteiger partial charge in [-0.1, -0.05) is 58.7 Å². The van der Waals surface area contributed by atoms with Crippen molar-refractivity contribution in [3.8, 4) is 0 Å². The maximum absolute atomic E-state index is 3.73. The topological polar surface area (TPSA) is 12.0 Å². The van der Waals surface area contributed by atoms with E-state index < -0.39 is 0 Å². The molecule has 0 saturated heterocycles. The Morgan fingerprint density at radius 3 is 2.10 bits per heavy atom. The van der Waals surface area contributed by atoms with E-state index in [0.29, 0.717) is 11.3 Å². The first-order chi connectivity index (χ1) is 9.95. The molecule has 1 rings (SSSR count). The zero-order valence-electron chi connectivity index (χ0n) is 15.1. The Morgan fingerprint density at radius 1 is 1.00 bits per heavy atom. The Morgan fingerprint density at radius 2 is 1.62 bits per heavy atom. The molecule has 0 fully saturated rings. The minimum absolute atomic E-state index is 0.302. The van der Waals surface area contributed by atoms with Gasteiger partial charge in [-0.05, 0) is 55.8 Å². The predicted molar refractivity (Wildman–Crippen MR) is 95.1 cm³/mol. The largest absolute Gasteiger partial charge is 0.316 e. The van der Waals surface area contributed by atoms with Gasteiger partial charge in [0.1, 0.15) is 0 Å². The summed E-state index contributed by atoms with van der Waals surface area (Å²) in [6.45, 7) is 15.9. The molecule has 0 aromatic heterocycles. The summed E-state index contributed by atoms with van der Waals surface area (Å²) >= 11 is 0. The van der Waals surface area contributed by atoms with Crippen LogP contribution in [0.1, 0.15) is 70.1 Å². The van der Waals surface area contributed by atoms with Gasteiger partial charge in [0.05, 0.1) is 0 Å². The lowest BCUT2D eigenvalue weighted by Crippen LogP contribution is -2.39. The number of benzene rings is 1. The molecule has 0 heterocycles. The molecule has 1 nitrogen and oxygen atoms in total. The lowest BCUT2D eigenvalue weighted by molar-refractivity contribution is 0.328. The maximum atomic E-state index is 3.73. The van der Waals surface area contributed by atoms with Crippen molar-refractivity contribution in [2.24, 2.45) is 5.92 Å². The van der Waals surface area contributed by atoms with Gasteiger partial charge < -0.3 is 5.32 Å². The predicted octanol–water partition coefficient (Wildman–Crippen LogP) is 5.39. The van der Waals surface area contributed by atoms with Gasteiger partial charge in [0, 0.05) is 12.0 Å². The summed E-state index contributed by atoms with van der Waals surface area (Å²) in [5, 5.41) is 3.73. The van der Waals surface area contributed by atoms with E-state index in [1.165, 1.54) is 42.4 Å². The van der Waals surface area contributed by atoms with Crippen LogP contribution >= 0.6 is 0 Å². The van der Waals surface area contributed by atoms with Crippen LogP contribution in [0.25, 0.3) is 0 Å². The zero-order valence-corrected chi connectivity index (χ0v) is 15.1. The van der Waals surface area contributed by atoms with Crippen molar-refractivity contribution in [3.63, 3.8) is 0 Å². The molecule has 0 radical (unpaired) electrons. The number of nitrogens with one attached hydrogen (secondary N) is 1. The molecule has 0 aliphatic heterocycles. The first kappa shape index (κ1) is 18.2. The summed E-state index contributed by atoms with van der Waals surface area (Å²) in [7, 11) is 0. The lowest BCUT2D eigenvalue weighted by Gasteiger charge is -2.35. The monoisotopic (exact) mass is 289 g/mol. The van der Waals surface area contributed by atoms with Gasteiger partial charge in [-0.2, -0.15) is 0 Å². The lowest BCUT2D eigenvalue weighted by atomic mass is 9.72. The molecule has 120 valence electrons.